The smallest absolute Gasteiger partial charge is 0.374 e. The summed E-state index contributed by atoms with van der Waals surface area (Å²) in [4.78, 5) is 52.7. The van der Waals surface area contributed by atoms with Crippen LogP contribution in [0.1, 0.15) is 48.6 Å². The van der Waals surface area contributed by atoms with Crippen molar-refractivity contribution in [2.45, 2.75) is 38.5 Å². The van der Waals surface area contributed by atoms with Crippen LogP contribution in [0.15, 0.2) is 29.1 Å². The molecule has 9 heteroatoms. The van der Waals surface area contributed by atoms with E-state index in [0.717, 1.165) is 11.7 Å². The molecule has 0 aliphatic rings. The molecular formula is C21H23FN2O6. The van der Waals surface area contributed by atoms with Gasteiger partial charge in [0.2, 0.25) is 11.5 Å². The first-order valence-corrected chi connectivity index (χ1v) is 9.17. The van der Waals surface area contributed by atoms with Crippen LogP contribution in [0.4, 0.5) is 4.39 Å². The molecule has 1 aromatic carbocycles. The Bertz CT molecular complexity index is 1040. The number of aromatic nitrogens is 2. The van der Waals surface area contributed by atoms with Crippen LogP contribution >= 0.6 is 0 Å². The fourth-order valence-corrected chi connectivity index (χ4v) is 3.08. The van der Waals surface area contributed by atoms with Crippen LogP contribution in [-0.2, 0) is 33.2 Å². The number of Topliss-reactive ketones (excluding diaryl/α,β-unsaturated/α-hetero) is 2. The molecule has 0 unspecified atom stereocenters. The minimum absolute atomic E-state index is 0.0627. The molecule has 2 aromatic rings. The van der Waals surface area contributed by atoms with Crippen molar-refractivity contribution in [1.82, 2.24) is 9.55 Å². The second-order valence-electron chi connectivity index (χ2n) is 7.52. The molecule has 0 aliphatic heterocycles. The summed E-state index contributed by atoms with van der Waals surface area (Å²) in [7, 11) is 2.43. The highest BCUT2D eigenvalue weighted by molar-refractivity contribution is 6.33. The number of carbonyl (C=O) groups excluding carboxylic acids is 3. The molecule has 1 heterocycles. The zero-order valence-electron chi connectivity index (χ0n) is 17.2. The van der Waals surface area contributed by atoms with Crippen molar-refractivity contribution in [3.63, 3.8) is 0 Å². The third-order valence-corrected chi connectivity index (χ3v) is 4.71. The van der Waals surface area contributed by atoms with E-state index in [9.17, 15) is 28.7 Å². The van der Waals surface area contributed by atoms with Gasteiger partial charge in [0.25, 0.3) is 5.56 Å². The van der Waals surface area contributed by atoms with Crippen molar-refractivity contribution >= 4 is 17.5 Å². The van der Waals surface area contributed by atoms with Gasteiger partial charge in [0.1, 0.15) is 11.6 Å². The Labute approximate surface area is 172 Å². The number of halogens is 1. The number of methoxy groups -OCH3 is 1. The van der Waals surface area contributed by atoms with Crippen molar-refractivity contribution in [3.8, 4) is 5.75 Å². The molecule has 1 aromatic heterocycles. The third kappa shape index (κ3) is 4.97. The number of nitrogens with zero attached hydrogens (tertiary/aromatic N) is 2. The van der Waals surface area contributed by atoms with E-state index in [-0.39, 0.29) is 25.1 Å². The first-order valence-electron chi connectivity index (χ1n) is 9.17. The summed E-state index contributed by atoms with van der Waals surface area (Å²) in [6.07, 6.45) is -0.122. The zero-order chi connectivity index (χ0) is 22.6. The lowest BCUT2D eigenvalue weighted by atomic mass is 9.85. The molecule has 160 valence electrons. The standard InChI is InChI=1S/C21H23FN2O6/c1-21(2,11-15(26)19(29)30-4)20-23-16(17(27)18(28)24(20)3)14(25)10-7-12-5-8-13(22)9-6-12/h5-6,8-9,27H,7,10-11H2,1-4H3. The van der Waals surface area contributed by atoms with E-state index in [4.69, 9.17) is 0 Å². The third-order valence-electron chi connectivity index (χ3n) is 4.71. The number of hydrogen-bond acceptors (Lipinski definition) is 7. The number of aryl methyl sites for hydroxylation is 1. The summed E-state index contributed by atoms with van der Waals surface area (Å²) in [6, 6.07) is 5.61. The molecule has 0 bridgehead atoms. The Morgan fingerprint density at radius 2 is 1.80 bits per heavy atom. The molecule has 8 nitrogen and oxygen atoms in total. The molecule has 0 saturated carbocycles. The van der Waals surface area contributed by atoms with E-state index < -0.39 is 45.8 Å². The van der Waals surface area contributed by atoms with E-state index in [0.29, 0.717) is 5.56 Å². The monoisotopic (exact) mass is 418 g/mol. The van der Waals surface area contributed by atoms with Gasteiger partial charge in [-0.3, -0.25) is 19.0 Å². The van der Waals surface area contributed by atoms with Crippen molar-refractivity contribution in [2.75, 3.05) is 7.11 Å². The highest BCUT2D eigenvalue weighted by Crippen LogP contribution is 2.27. The molecule has 1 N–H and O–H groups in total. The quantitative estimate of drug-likeness (QED) is 0.395. The Morgan fingerprint density at radius 3 is 2.37 bits per heavy atom. The molecule has 0 radical (unpaired) electrons. The number of esters is 1. The predicted molar refractivity (Wildman–Crippen MR) is 105 cm³/mol. The highest BCUT2D eigenvalue weighted by atomic mass is 19.1. The highest BCUT2D eigenvalue weighted by Gasteiger charge is 2.33. The Kier molecular flexibility index (Phi) is 6.86. The SMILES string of the molecule is COC(=O)C(=O)CC(C)(C)c1nc(C(=O)CCc2ccc(F)cc2)c(O)c(=O)n1C. The fraction of sp³-hybridized carbons (Fsp3) is 0.381. The van der Waals surface area contributed by atoms with Gasteiger partial charge in [-0.25, -0.2) is 14.2 Å². The van der Waals surface area contributed by atoms with Crippen LogP contribution in [0.25, 0.3) is 0 Å². The topological polar surface area (TPSA) is 116 Å². The Balaban J connectivity index is 2.35. The molecule has 0 aliphatic carbocycles. The number of hydrogen-bond donors (Lipinski definition) is 1. The van der Waals surface area contributed by atoms with E-state index in [1.54, 1.807) is 13.8 Å². The van der Waals surface area contributed by atoms with Gasteiger partial charge in [-0.1, -0.05) is 26.0 Å². The first kappa shape index (κ1) is 22.9. The molecule has 0 fully saturated rings. The van der Waals surface area contributed by atoms with Crippen molar-refractivity contribution in [2.24, 2.45) is 7.05 Å². The van der Waals surface area contributed by atoms with Gasteiger partial charge in [0.15, 0.2) is 11.5 Å². The maximum atomic E-state index is 13.0. The summed E-state index contributed by atoms with van der Waals surface area (Å²) in [6.45, 7) is 3.17. The van der Waals surface area contributed by atoms with Crippen LogP contribution in [-0.4, -0.2) is 39.3 Å². The molecule has 0 amide bonds. The van der Waals surface area contributed by atoms with Gasteiger partial charge < -0.3 is 9.84 Å². The number of carbonyl (C=O) groups is 3. The normalized spacial score (nSPS) is 11.2. The van der Waals surface area contributed by atoms with E-state index in [1.807, 2.05) is 0 Å². The van der Waals surface area contributed by atoms with Crippen molar-refractivity contribution in [1.29, 1.82) is 0 Å². The summed E-state index contributed by atoms with van der Waals surface area (Å²) in [5.74, 6) is -3.54. The van der Waals surface area contributed by atoms with Crippen LogP contribution in [0.3, 0.4) is 0 Å². The average Bonchev–Trinajstić information content (AvgIpc) is 2.70. The van der Waals surface area contributed by atoms with Crippen molar-refractivity contribution < 1.29 is 28.6 Å². The van der Waals surface area contributed by atoms with Crippen LogP contribution < -0.4 is 5.56 Å². The predicted octanol–water partition coefficient (Wildman–Crippen LogP) is 1.85. The number of rotatable bonds is 8. The van der Waals surface area contributed by atoms with E-state index in [1.165, 1.54) is 31.3 Å². The van der Waals surface area contributed by atoms with Crippen LogP contribution in [0.2, 0.25) is 0 Å². The summed E-state index contributed by atoms with van der Waals surface area (Å²) >= 11 is 0. The molecule has 0 saturated heterocycles. The lowest BCUT2D eigenvalue weighted by molar-refractivity contribution is -0.152. The summed E-state index contributed by atoms with van der Waals surface area (Å²) < 4.78 is 18.5. The molecule has 30 heavy (non-hydrogen) atoms. The van der Waals surface area contributed by atoms with Gasteiger partial charge in [-0.05, 0) is 24.1 Å². The fourth-order valence-electron chi connectivity index (χ4n) is 3.08. The van der Waals surface area contributed by atoms with Crippen LogP contribution in [0, 0.1) is 5.82 Å². The van der Waals surface area contributed by atoms with Crippen molar-refractivity contribution in [3.05, 3.63) is 57.5 Å². The first-order chi connectivity index (χ1) is 14.0. The lowest BCUT2D eigenvalue weighted by Gasteiger charge is -2.25. The Hall–Kier alpha value is -3.36. The maximum Gasteiger partial charge on any atom is 0.374 e. The van der Waals surface area contributed by atoms with Gasteiger partial charge in [-0.15, -0.1) is 0 Å². The second kappa shape index (κ2) is 8.98. The lowest BCUT2D eigenvalue weighted by Crippen LogP contribution is -2.35. The minimum Gasteiger partial charge on any atom is -0.501 e. The van der Waals surface area contributed by atoms with Gasteiger partial charge in [0.05, 0.1) is 7.11 Å². The second-order valence-corrected chi connectivity index (χ2v) is 7.52. The molecule has 0 atom stereocenters. The Morgan fingerprint density at radius 1 is 1.20 bits per heavy atom. The molecule has 0 spiro atoms. The van der Waals surface area contributed by atoms with Crippen LogP contribution in [0.5, 0.6) is 5.75 Å². The largest absolute Gasteiger partial charge is 0.501 e. The minimum atomic E-state index is -1.10. The molecular weight excluding hydrogens is 395 g/mol. The summed E-state index contributed by atoms with van der Waals surface area (Å²) in [5.41, 5.74) is -1.64. The van der Waals surface area contributed by atoms with E-state index >= 15 is 0 Å². The number of benzene rings is 1. The van der Waals surface area contributed by atoms with Gasteiger partial charge >= 0.3 is 5.97 Å². The summed E-state index contributed by atoms with van der Waals surface area (Å²) in [5, 5.41) is 10.2. The number of aromatic hydroxyl groups is 1. The van der Waals surface area contributed by atoms with Gasteiger partial charge in [-0.2, -0.15) is 0 Å². The average molecular weight is 418 g/mol. The van der Waals surface area contributed by atoms with Gasteiger partial charge in [0, 0.05) is 25.3 Å². The molecule has 2 rings (SSSR count). The number of ether oxygens (including phenoxy) is 1. The zero-order valence-corrected chi connectivity index (χ0v) is 17.2. The number of ketones is 2. The van der Waals surface area contributed by atoms with E-state index in [2.05, 4.69) is 9.72 Å². The maximum absolute atomic E-state index is 13.0.